The Labute approximate surface area is 150 Å². The summed E-state index contributed by atoms with van der Waals surface area (Å²) in [6.45, 7) is 8.07. The molecule has 2 aliphatic rings. The molecule has 25 heavy (non-hydrogen) atoms. The summed E-state index contributed by atoms with van der Waals surface area (Å²) >= 11 is 0. The third-order valence-electron chi connectivity index (χ3n) is 5.63. The number of hydrogen-bond donors (Lipinski definition) is 0. The fourth-order valence-electron chi connectivity index (χ4n) is 4.36. The summed E-state index contributed by atoms with van der Waals surface area (Å²) in [6.07, 6.45) is 5.65. The minimum Gasteiger partial charge on any atom is -0.339 e. The number of carbonyl (C=O) groups is 2. The molecule has 2 fully saturated rings. The van der Waals surface area contributed by atoms with Crippen molar-refractivity contribution >= 4 is 11.8 Å². The molecular formula is C19H30N4O2. The molecule has 6 heteroatoms. The quantitative estimate of drug-likeness (QED) is 0.840. The SMILES string of the molecule is CC(=O)N1CCCC[C@H]1CC(=O)N1CCC[C@H]1Cn1nc(C)cc1C. The van der Waals surface area contributed by atoms with Gasteiger partial charge in [-0.2, -0.15) is 5.10 Å². The standard InChI is InChI=1S/C19H30N4O2/c1-14-11-15(2)23(20-14)13-18-8-6-10-22(18)19(25)12-17-7-4-5-9-21(17)16(3)24/h11,17-18H,4-10,12-13H2,1-3H3/t17-,18-/m0/s1. The van der Waals surface area contributed by atoms with E-state index in [4.69, 9.17) is 0 Å². The minimum atomic E-state index is 0.0775. The van der Waals surface area contributed by atoms with E-state index in [0.717, 1.165) is 63.1 Å². The smallest absolute Gasteiger partial charge is 0.224 e. The van der Waals surface area contributed by atoms with Crippen molar-refractivity contribution in [2.75, 3.05) is 13.1 Å². The van der Waals surface area contributed by atoms with Crippen LogP contribution < -0.4 is 0 Å². The van der Waals surface area contributed by atoms with E-state index in [-0.39, 0.29) is 23.9 Å². The molecule has 0 spiro atoms. The first kappa shape index (κ1) is 18.0. The second kappa shape index (κ2) is 7.58. The zero-order valence-corrected chi connectivity index (χ0v) is 15.7. The zero-order valence-electron chi connectivity index (χ0n) is 15.7. The maximum Gasteiger partial charge on any atom is 0.224 e. The molecule has 0 bridgehead atoms. The lowest BCUT2D eigenvalue weighted by molar-refractivity contribution is -0.137. The van der Waals surface area contributed by atoms with Crippen molar-refractivity contribution in [3.8, 4) is 0 Å². The van der Waals surface area contributed by atoms with Crippen molar-refractivity contribution in [3.05, 3.63) is 17.5 Å². The van der Waals surface area contributed by atoms with E-state index in [9.17, 15) is 9.59 Å². The Hall–Kier alpha value is -1.85. The summed E-state index contributed by atoms with van der Waals surface area (Å²) in [5, 5.41) is 4.54. The van der Waals surface area contributed by atoms with E-state index in [1.807, 2.05) is 21.4 Å². The maximum absolute atomic E-state index is 12.9. The molecule has 6 nitrogen and oxygen atoms in total. The van der Waals surface area contributed by atoms with Gasteiger partial charge in [0, 0.05) is 38.2 Å². The molecule has 2 saturated heterocycles. The molecule has 3 rings (SSSR count). The molecule has 0 N–H and O–H groups in total. The molecule has 0 unspecified atom stereocenters. The van der Waals surface area contributed by atoms with Crippen molar-refractivity contribution in [1.29, 1.82) is 0 Å². The van der Waals surface area contributed by atoms with Gasteiger partial charge in [-0.05, 0) is 52.0 Å². The molecule has 0 radical (unpaired) electrons. The first-order valence-corrected chi connectivity index (χ1v) is 9.53. The lowest BCUT2D eigenvalue weighted by Gasteiger charge is -2.36. The van der Waals surface area contributed by atoms with E-state index < -0.39 is 0 Å². The number of amides is 2. The van der Waals surface area contributed by atoms with Crippen molar-refractivity contribution < 1.29 is 9.59 Å². The molecular weight excluding hydrogens is 316 g/mol. The molecule has 1 aromatic heterocycles. The third-order valence-corrected chi connectivity index (χ3v) is 5.63. The monoisotopic (exact) mass is 346 g/mol. The Morgan fingerprint density at radius 3 is 2.48 bits per heavy atom. The number of likely N-dealkylation sites (tertiary alicyclic amines) is 2. The van der Waals surface area contributed by atoms with Gasteiger partial charge in [-0.3, -0.25) is 14.3 Å². The summed E-state index contributed by atoms with van der Waals surface area (Å²) in [4.78, 5) is 28.7. The van der Waals surface area contributed by atoms with Crippen LogP contribution in [0.3, 0.4) is 0 Å². The molecule has 138 valence electrons. The molecule has 0 saturated carbocycles. The van der Waals surface area contributed by atoms with E-state index in [1.165, 1.54) is 0 Å². The highest BCUT2D eigenvalue weighted by atomic mass is 16.2. The lowest BCUT2D eigenvalue weighted by Crippen LogP contribution is -2.47. The molecule has 1 aromatic rings. The van der Waals surface area contributed by atoms with Crippen LogP contribution in [0.4, 0.5) is 0 Å². The van der Waals surface area contributed by atoms with E-state index >= 15 is 0 Å². The van der Waals surface area contributed by atoms with Crippen LogP contribution in [0.1, 0.15) is 56.8 Å². The van der Waals surface area contributed by atoms with Gasteiger partial charge in [0.25, 0.3) is 0 Å². The summed E-state index contributed by atoms with van der Waals surface area (Å²) in [5.41, 5.74) is 2.17. The number of carbonyl (C=O) groups excluding carboxylic acids is 2. The predicted molar refractivity (Wildman–Crippen MR) is 96.1 cm³/mol. The van der Waals surface area contributed by atoms with E-state index in [1.54, 1.807) is 6.92 Å². The van der Waals surface area contributed by atoms with Gasteiger partial charge in [-0.15, -0.1) is 0 Å². The van der Waals surface area contributed by atoms with Crippen LogP contribution in [-0.2, 0) is 16.1 Å². The molecule has 2 amide bonds. The second-order valence-corrected chi connectivity index (χ2v) is 7.56. The number of nitrogens with zero attached hydrogens (tertiary/aromatic N) is 4. The Bertz CT molecular complexity index is 639. The van der Waals surface area contributed by atoms with Crippen molar-refractivity contribution in [1.82, 2.24) is 19.6 Å². The van der Waals surface area contributed by atoms with Gasteiger partial charge in [0.2, 0.25) is 11.8 Å². The summed E-state index contributed by atoms with van der Waals surface area (Å²) in [6, 6.07) is 2.38. The first-order chi connectivity index (χ1) is 12.0. The summed E-state index contributed by atoms with van der Waals surface area (Å²) in [7, 11) is 0. The number of aromatic nitrogens is 2. The van der Waals surface area contributed by atoms with Crippen LogP contribution in [0.15, 0.2) is 6.07 Å². The predicted octanol–water partition coefficient (Wildman–Crippen LogP) is 2.28. The summed E-state index contributed by atoms with van der Waals surface area (Å²) in [5.74, 6) is 0.292. The Morgan fingerprint density at radius 2 is 1.80 bits per heavy atom. The Balaban J connectivity index is 1.64. The van der Waals surface area contributed by atoms with Crippen LogP contribution in [0, 0.1) is 13.8 Å². The van der Waals surface area contributed by atoms with Gasteiger partial charge in [0.1, 0.15) is 0 Å². The summed E-state index contributed by atoms with van der Waals surface area (Å²) < 4.78 is 2.02. The number of aryl methyl sites for hydroxylation is 2. The average molecular weight is 346 g/mol. The van der Waals surface area contributed by atoms with Gasteiger partial charge in [-0.1, -0.05) is 0 Å². The molecule has 0 aliphatic carbocycles. The normalized spacial score (nSPS) is 24.0. The molecule has 0 aromatic carbocycles. The molecule has 3 heterocycles. The van der Waals surface area contributed by atoms with Crippen molar-refractivity contribution in [2.24, 2.45) is 0 Å². The fourth-order valence-corrected chi connectivity index (χ4v) is 4.36. The van der Waals surface area contributed by atoms with Gasteiger partial charge < -0.3 is 9.80 Å². The molecule has 2 atom stereocenters. The highest BCUT2D eigenvalue weighted by Crippen LogP contribution is 2.25. The van der Waals surface area contributed by atoms with Gasteiger partial charge >= 0.3 is 0 Å². The average Bonchev–Trinajstić information content (AvgIpc) is 3.14. The Morgan fingerprint density at radius 1 is 1.08 bits per heavy atom. The first-order valence-electron chi connectivity index (χ1n) is 9.53. The number of piperidine rings is 1. The zero-order chi connectivity index (χ0) is 18.0. The molecule has 2 aliphatic heterocycles. The largest absolute Gasteiger partial charge is 0.339 e. The minimum absolute atomic E-state index is 0.0775. The third kappa shape index (κ3) is 4.05. The Kier molecular flexibility index (Phi) is 5.45. The number of rotatable bonds is 4. The van der Waals surface area contributed by atoms with E-state index in [0.29, 0.717) is 6.42 Å². The van der Waals surface area contributed by atoms with Gasteiger partial charge in [0.05, 0.1) is 18.3 Å². The van der Waals surface area contributed by atoms with Crippen molar-refractivity contribution in [2.45, 2.75) is 77.9 Å². The fraction of sp³-hybridized carbons (Fsp3) is 0.737. The topological polar surface area (TPSA) is 58.4 Å². The van der Waals surface area contributed by atoms with Crippen LogP contribution in [-0.4, -0.2) is 56.6 Å². The van der Waals surface area contributed by atoms with Crippen LogP contribution in [0.25, 0.3) is 0 Å². The van der Waals surface area contributed by atoms with Gasteiger partial charge in [0.15, 0.2) is 0 Å². The van der Waals surface area contributed by atoms with E-state index in [2.05, 4.69) is 18.1 Å². The number of hydrogen-bond acceptors (Lipinski definition) is 3. The highest BCUT2D eigenvalue weighted by Gasteiger charge is 2.33. The van der Waals surface area contributed by atoms with Crippen LogP contribution in [0.5, 0.6) is 0 Å². The lowest BCUT2D eigenvalue weighted by atomic mass is 9.98. The van der Waals surface area contributed by atoms with Gasteiger partial charge in [-0.25, -0.2) is 0 Å². The van der Waals surface area contributed by atoms with Crippen LogP contribution >= 0.6 is 0 Å². The second-order valence-electron chi connectivity index (χ2n) is 7.56. The van der Waals surface area contributed by atoms with Crippen molar-refractivity contribution in [3.63, 3.8) is 0 Å². The highest BCUT2D eigenvalue weighted by molar-refractivity contribution is 5.79. The maximum atomic E-state index is 12.9. The van der Waals surface area contributed by atoms with Crippen LogP contribution in [0.2, 0.25) is 0 Å².